The molecule has 1 aromatic carbocycles. The number of rotatable bonds is 3. The molecule has 0 fully saturated rings. The molecule has 1 aromatic heterocycles. The number of nitrogens with one attached hydrogen (secondary N) is 1. The van der Waals surface area contributed by atoms with Gasteiger partial charge < -0.3 is 0 Å². The Morgan fingerprint density at radius 1 is 1.35 bits per heavy atom. The number of aromatic nitrogens is 4. The van der Waals surface area contributed by atoms with Gasteiger partial charge in [-0.1, -0.05) is 35.4 Å². The molecule has 0 bridgehead atoms. The SMILES string of the molecule is Cn1nnc(NC(=O)/C=C/c2ccccc2)n1. The van der Waals surface area contributed by atoms with E-state index < -0.39 is 0 Å². The van der Waals surface area contributed by atoms with Crippen molar-refractivity contribution in [1.29, 1.82) is 0 Å². The van der Waals surface area contributed by atoms with E-state index in [0.29, 0.717) is 0 Å². The molecule has 0 unspecified atom stereocenters. The predicted molar refractivity (Wildman–Crippen MR) is 62.9 cm³/mol. The maximum atomic E-state index is 11.5. The number of aryl methyl sites for hydroxylation is 1. The van der Waals surface area contributed by atoms with Crippen LogP contribution in [0.5, 0.6) is 0 Å². The summed E-state index contributed by atoms with van der Waals surface area (Å²) in [6, 6.07) is 9.54. The van der Waals surface area contributed by atoms with Gasteiger partial charge in [0.25, 0.3) is 11.9 Å². The second kappa shape index (κ2) is 5.02. The lowest BCUT2D eigenvalue weighted by Crippen LogP contribution is -2.09. The molecule has 2 aromatic rings. The molecule has 0 spiro atoms. The van der Waals surface area contributed by atoms with Gasteiger partial charge in [0.05, 0.1) is 7.05 Å². The van der Waals surface area contributed by atoms with E-state index in [2.05, 4.69) is 20.7 Å². The Kier molecular flexibility index (Phi) is 3.25. The third-order valence-electron chi connectivity index (χ3n) is 1.97. The molecule has 0 radical (unpaired) electrons. The van der Waals surface area contributed by atoms with E-state index in [1.807, 2.05) is 30.3 Å². The number of hydrogen-bond donors (Lipinski definition) is 1. The van der Waals surface area contributed by atoms with E-state index in [0.717, 1.165) is 5.56 Å². The maximum absolute atomic E-state index is 11.5. The molecule has 0 aliphatic carbocycles. The zero-order chi connectivity index (χ0) is 12.1. The summed E-state index contributed by atoms with van der Waals surface area (Å²) in [6.07, 6.45) is 3.14. The van der Waals surface area contributed by atoms with Crippen LogP contribution < -0.4 is 5.32 Å². The van der Waals surface area contributed by atoms with Crippen molar-refractivity contribution in [2.24, 2.45) is 7.05 Å². The highest BCUT2D eigenvalue weighted by Gasteiger charge is 2.02. The Hall–Kier alpha value is -2.50. The van der Waals surface area contributed by atoms with E-state index in [4.69, 9.17) is 0 Å². The Balaban J connectivity index is 1.96. The quantitative estimate of drug-likeness (QED) is 0.792. The van der Waals surface area contributed by atoms with Crippen molar-refractivity contribution in [3.8, 4) is 0 Å². The van der Waals surface area contributed by atoms with Crippen LogP contribution in [-0.4, -0.2) is 26.1 Å². The van der Waals surface area contributed by atoms with Gasteiger partial charge in [-0.2, -0.15) is 4.80 Å². The van der Waals surface area contributed by atoms with Crippen molar-refractivity contribution >= 4 is 17.9 Å². The smallest absolute Gasteiger partial charge is 0.270 e. The van der Waals surface area contributed by atoms with Crippen molar-refractivity contribution in [3.63, 3.8) is 0 Å². The average Bonchev–Trinajstić information content (AvgIpc) is 2.73. The normalized spacial score (nSPS) is 10.6. The fourth-order valence-electron chi connectivity index (χ4n) is 1.22. The standard InChI is InChI=1S/C11H11N5O/c1-16-14-11(13-15-16)12-10(17)8-7-9-5-3-2-4-6-9/h2-8H,1H3,(H,12,14,17)/b8-7+. The molecule has 6 nitrogen and oxygen atoms in total. The molecule has 0 saturated heterocycles. The molecule has 86 valence electrons. The molecule has 0 atom stereocenters. The zero-order valence-electron chi connectivity index (χ0n) is 9.24. The van der Waals surface area contributed by atoms with Gasteiger partial charge in [-0.15, -0.1) is 5.10 Å². The van der Waals surface area contributed by atoms with Gasteiger partial charge in [-0.3, -0.25) is 10.1 Å². The molecule has 0 aliphatic heterocycles. The summed E-state index contributed by atoms with van der Waals surface area (Å²) in [6.45, 7) is 0. The first kappa shape index (κ1) is 11.0. The van der Waals surface area contributed by atoms with Gasteiger partial charge in [-0.25, -0.2) is 0 Å². The second-order valence-electron chi connectivity index (χ2n) is 3.34. The van der Waals surface area contributed by atoms with Crippen LogP contribution >= 0.6 is 0 Å². The average molecular weight is 229 g/mol. The number of carbonyl (C=O) groups is 1. The van der Waals surface area contributed by atoms with E-state index in [1.54, 1.807) is 13.1 Å². The lowest BCUT2D eigenvalue weighted by atomic mass is 10.2. The van der Waals surface area contributed by atoms with Crippen LogP contribution in [0.1, 0.15) is 5.56 Å². The monoisotopic (exact) mass is 229 g/mol. The predicted octanol–water partition coefficient (Wildman–Crippen LogP) is 0.862. The molecule has 1 N–H and O–H groups in total. The minimum atomic E-state index is -0.290. The van der Waals surface area contributed by atoms with E-state index in [1.165, 1.54) is 10.9 Å². The van der Waals surface area contributed by atoms with Gasteiger partial charge in [0.2, 0.25) is 0 Å². The summed E-state index contributed by atoms with van der Waals surface area (Å²) in [5.74, 6) is -0.0999. The topological polar surface area (TPSA) is 72.7 Å². The largest absolute Gasteiger partial charge is 0.288 e. The van der Waals surface area contributed by atoms with Crippen LogP contribution in [0.4, 0.5) is 5.95 Å². The van der Waals surface area contributed by atoms with Crippen LogP contribution in [-0.2, 0) is 11.8 Å². The number of nitrogens with zero attached hydrogens (tertiary/aromatic N) is 4. The molecular weight excluding hydrogens is 218 g/mol. The summed E-state index contributed by atoms with van der Waals surface area (Å²) in [5.41, 5.74) is 0.953. The number of amides is 1. The fourth-order valence-corrected chi connectivity index (χ4v) is 1.22. The Labute approximate surface area is 98.0 Å². The van der Waals surface area contributed by atoms with Crippen molar-refractivity contribution in [1.82, 2.24) is 20.2 Å². The third-order valence-corrected chi connectivity index (χ3v) is 1.97. The van der Waals surface area contributed by atoms with Gasteiger partial charge >= 0.3 is 0 Å². The van der Waals surface area contributed by atoms with Gasteiger partial charge in [-0.05, 0) is 16.9 Å². The van der Waals surface area contributed by atoms with Gasteiger partial charge in [0.15, 0.2) is 0 Å². The minimum Gasteiger partial charge on any atom is -0.288 e. The summed E-state index contributed by atoms with van der Waals surface area (Å²) in [7, 11) is 1.63. The lowest BCUT2D eigenvalue weighted by molar-refractivity contribution is -0.111. The molecule has 0 aliphatic rings. The summed E-state index contributed by atoms with van der Waals surface area (Å²) < 4.78 is 0. The first-order valence-corrected chi connectivity index (χ1v) is 5.02. The highest BCUT2D eigenvalue weighted by molar-refractivity contribution is 6.00. The Morgan fingerprint density at radius 3 is 2.76 bits per heavy atom. The second-order valence-corrected chi connectivity index (χ2v) is 3.34. The molecule has 1 amide bonds. The van der Waals surface area contributed by atoms with Crippen molar-refractivity contribution < 1.29 is 4.79 Å². The lowest BCUT2D eigenvalue weighted by Gasteiger charge is -1.94. The van der Waals surface area contributed by atoms with Crippen molar-refractivity contribution in [2.45, 2.75) is 0 Å². The first-order chi connectivity index (χ1) is 8.24. The van der Waals surface area contributed by atoms with E-state index >= 15 is 0 Å². The highest BCUT2D eigenvalue weighted by Crippen LogP contribution is 2.01. The zero-order valence-corrected chi connectivity index (χ0v) is 9.24. The van der Waals surface area contributed by atoms with Crippen LogP contribution in [0, 0.1) is 0 Å². The number of carbonyl (C=O) groups excluding carboxylic acids is 1. The molecule has 6 heteroatoms. The van der Waals surface area contributed by atoms with Crippen LogP contribution in [0.2, 0.25) is 0 Å². The molecule has 17 heavy (non-hydrogen) atoms. The number of anilines is 1. The van der Waals surface area contributed by atoms with E-state index in [9.17, 15) is 4.79 Å². The highest BCUT2D eigenvalue weighted by atomic mass is 16.1. The number of benzene rings is 1. The van der Waals surface area contributed by atoms with Crippen molar-refractivity contribution in [3.05, 3.63) is 42.0 Å². The summed E-state index contributed by atoms with van der Waals surface area (Å²) in [5, 5.41) is 13.6. The fraction of sp³-hybridized carbons (Fsp3) is 0.0909. The van der Waals surface area contributed by atoms with Gasteiger partial charge in [0, 0.05) is 6.08 Å². The Morgan fingerprint density at radius 2 is 2.12 bits per heavy atom. The molecule has 2 rings (SSSR count). The first-order valence-electron chi connectivity index (χ1n) is 5.02. The molecule has 1 heterocycles. The van der Waals surface area contributed by atoms with Crippen LogP contribution in [0.15, 0.2) is 36.4 Å². The van der Waals surface area contributed by atoms with Crippen LogP contribution in [0.3, 0.4) is 0 Å². The molecule has 0 saturated carbocycles. The summed E-state index contributed by atoms with van der Waals surface area (Å²) in [4.78, 5) is 12.8. The summed E-state index contributed by atoms with van der Waals surface area (Å²) >= 11 is 0. The third kappa shape index (κ3) is 3.23. The van der Waals surface area contributed by atoms with E-state index in [-0.39, 0.29) is 11.9 Å². The minimum absolute atomic E-state index is 0.190. The number of tetrazole rings is 1. The van der Waals surface area contributed by atoms with Gasteiger partial charge in [0.1, 0.15) is 0 Å². The van der Waals surface area contributed by atoms with Crippen LogP contribution in [0.25, 0.3) is 6.08 Å². The molecular formula is C11H11N5O. The number of hydrogen-bond acceptors (Lipinski definition) is 4. The Bertz CT molecular complexity index is 532. The maximum Gasteiger partial charge on any atom is 0.270 e. The van der Waals surface area contributed by atoms with Crippen molar-refractivity contribution in [2.75, 3.05) is 5.32 Å².